The van der Waals surface area contributed by atoms with E-state index in [0.29, 0.717) is 29.9 Å². The van der Waals surface area contributed by atoms with Gasteiger partial charge in [0.15, 0.2) is 0 Å². The second kappa shape index (κ2) is 5.91. The highest BCUT2D eigenvalue weighted by Crippen LogP contribution is 2.32. The van der Waals surface area contributed by atoms with E-state index in [1.54, 1.807) is 0 Å². The molecule has 5 nitrogen and oxygen atoms in total. The molecule has 2 aromatic rings. The molecule has 0 bridgehead atoms. The molecule has 0 aliphatic heterocycles. The molecule has 5 heteroatoms. The summed E-state index contributed by atoms with van der Waals surface area (Å²) in [4.78, 5) is 23.5. The fraction of sp³-hybridized carbons (Fsp3) is 0.333. The van der Waals surface area contributed by atoms with Gasteiger partial charge in [-0.2, -0.15) is 0 Å². The van der Waals surface area contributed by atoms with Gasteiger partial charge in [0, 0.05) is 17.2 Å². The molecule has 1 heterocycles. The van der Waals surface area contributed by atoms with Gasteiger partial charge in [-0.3, -0.25) is 9.59 Å². The predicted molar refractivity (Wildman–Crippen MR) is 85.2 cm³/mol. The minimum Gasteiger partial charge on any atom is -0.481 e. The molecular weight excluding hydrogens is 294 g/mol. The molecule has 1 saturated carbocycles. The standard InChI is InChI=1S/C18H19NO4/c1-10-11(2)23-16(12-6-4-3-5-7-12)15(10)17(20)19-14-8-13(9-14)18(21)22/h3-7,13-14H,8-9H2,1-2H3,(H,19,20)(H,21,22). The van der Waals surface area contributed by atoms with Gasteiger partial charge in [-0.05, 0) is 26.7 Å². The van der Waals surface area contributed by atoms with Crippen molar-refractivity contribution in [2.24, 2.45) is 5.92 Å². The summed E-state index contributed by atoms with van der Waals surface area (Å²) < 4.78 is 5.79. The molecule has 0 saturated heterocycles. The molecule has 1 aliphatic carbocycles. The number of aliphatic carboxylic acids is 1. The first-order valence-corrected chi connectivity index (χ1v) is 7.66. The maximum Gasteiger partial charge on any atom is 0.306 e. The summed E-state index contributed by atoms with van der Waals surface area (Å²) in [6.45, 7) is 3.70. The van der Waals surface area contributed by atoms with Crippen LogP contribution in [0.15, 0.2) is 34.7 Å². The van der Waals surface area contributed by atoms with Gasteiger partial charge in [-0.15, -0.1) is 0 Å². The lowest BCUT2D eigenvalue weighted by molar-refractivity contribution is -0.145. The van der Waals surface area contributed by atoms with E-state index in [0.717, 1.165) is 11.1 Å². The molecule has 1 aromatic heterocycles. The lowest BCUT2D eigenvalue weighted by Gasteiger charge is -2.32. The van der Waals surface area contributed by atoms with Crippen LogP contribution in [-0.4, -0.2) is 23.0 Å². The van der Waals surface area contributed by atoms with E-state index >= 15 is 0 Å². The first-order chi connectivity index (χ1) is 11.0. The fourth-order valence-electron chi connectivity index (χ4n) is 2.89. The summed E-state index contributed by atoms with van der Waals surface area (Å²) in [6.07, 6.45) is 0.968. The summed E-state index contributed by atoms with van der Waals surface area (Å²) in [6, 6.07) is 9.42. The monoisotopic (exact) mass is 313 g/mol. The third kappa shape index (κ3) is 2.86. The number of rotatable bonds is 4. The van der Waals surface area contributed by atoms with Crippen molar-refractivity contribution in [3.63, 3.8) is 0 Å². The molecule has 120 valence electrons. The third-order valence-corrected chi connectivity index (χ3v) is 4.47. The summed E-state index contributed by atoms with van der Waals surface area (Å²) >= 11 is 0. The molecule has 2 N–H and O–H groups in total. The Morgan fingerprint density at radius 3 is 2.43 bits per heavy atom. The summed E-state index contributed by atoms with van der Waals surface area (Å²) in [5.41, 5.74) is 2.20. The Morgan fingerprint density at radius 1 is 1.17 bits per heavy atom. The maximum atomic E-state index is 12.6. The molecule has 23 heavy (non-hydrogen) atoms. The second-order valence-corrected chi connectivity index (χ2v) is 6.03. The van der Waals surface area contributed by atoms with Crippen molar-refractivity contribution in [1.29, 1.82) is 0 Å². The SMILES string of the molecule is Cc1oc(-c2ccccc2)c(C(=O)NC2CC(C(=O)O)C2)c1C. The molecular formula is C18H19NO4. The number of nitrogens with one attached hydrogen (secondary N) is 1. The van der Waals surface area contributed by atoms with Crippen molar-refractivity contribution >= 4 is 11.9 Å². The van der Waals surface area contributed by atoms with Gasteiger partial charge in [-0.1, -0.05) is 30.3 Å². The lowest BCUT2D eigenvalue weighted by Crippen LogP contribution is -2.46. The Morgan fingerprint density at radius 2 is 1.83 bits per heavy atom. The molecule has 1 aromatic carbocycles. The zero-order valence-corrected chi connectivity index (χ0v) is 13.1. The minimum absolute atomic E-state index is 0.0816. The average molecular weight is 313 g/mol. The number of carbonyl (C=O) groups is 2. The summed E-state index contributed by atoms with van der Waals surface area (Å²) in [5, 5.41) is 11.8. The number of aryl methyl sites for hydroxylation is 1. The first kappa shape index (κ1) is 15.3. The highest BCUT2D eigenvalue weighted by Gasteiger charge is 2.36. The van der Waals surface area contributed by atoms with Crippen LogP contribution in [-0.2, 0) is 4.79 Å². The molecule has 3 rings (SSSR count). The number of amides is 1. The Labute approximate surface area is 134 Å². The molecule has 1 amide bonds. The van der Waals surface area contributed by atoms with Gasteiger partial charge in [0.05, 0.1) is 11.5 Å². The average Bonchev–Trinajstić information content (AvgIpc) is 2.78. The first-order valence-electron chi connectivity index (χ1n) is 7.66. The van der Waals surface area contributed by atoms with Crippen LogP contribution in [0.4, 0.5) is 0 Å². The van der Waals surface area contributed by atoms with Crippen molar-refractivity contribution in [1.82, 2.24) is 5.32 Å². The van der Waals surface area contributed by atoms with E-state index in [4.69, 9.17) is 9.52 Å². The van der Waals surface area contributed by atoms with Crippen molar-refractivity contribution in [2.75, 3.05) is 0 Å². The van der Waals surface area contributed by atoms with Crippen LogP contribution in [0.3, 0.4) is 0 Å². The van der Waals surface area contributed by atoms with Crippen LogP contribution < -0.4 is 5.32 Å². The number of furan rings is 1. The number of hydrogen-bond donors (Lipinski definition) is 2. The van der Waals surface area contributed by atoms with E-state index in [-0.39, 0.29) is 17.9 Å². The Hall–Kier alpha value is -2.56. The van der Waals surface area contributed by atoms with E-state index < -0.39 is 5.97 Å². The molecule has 1 aliphatic rings. The van der Waals surface area contributed by atoms with Crippen LogP contribution >= 0.6 is 0 Å². The quantitative estimate of drug-likeness (QED) is 0.908. The molecule has 0 radical (unpaired) electrons. The summed E-state index contributed by atoms with van der Waals surface area (Å²) in [7, 11) is 0. The third-order valence-electron chi connectivity index (χ3n) is 4.47. The number of carbonyl (C=O) groups excluding carboxylic acids is 1. The van der Waals surface area contributed by atoms with Crippen LogP contribution in [0.5, 0.6) is 0 Å². The Bertz CT molecular complexity index is 742. The number of hydrogen-bond acceptors (Lipinski definition) is 3. The lowest BCUT2D eigenvalue weighted by atomic mass is 9.80. The zero-order valence-electron chi connectivity index (χ0n) is 13.1. The van der Waals surface area contributed by atoms with Crippen LogP contribution in [0, 0.1) is 19.8 Å². The van der Waals surface area contributed by atoms with Crippen molar-refractivity contribution in [3.05, 3.63) is 47.2 Å². The number of benzene rings is 1. The zero-order chi connectivity index (χ0) is 16.6. The van der Waals surface area contributed by atoms with Crippen LogP contribution in [0.2, 0.25) is 0 Å². The summed E-state index contributed by atoms with van der Waals surface area (Å²) in [5.74, 6) is -0.0674. The molecule has 1 fully saturated rings. The molecule has 0 spiro atoms. The largest absolute Gasteiger partial charge is 0.481 e. The topological polar surface area (TPSA) is 79.5 Å². The van der Waals surface area contributed by atoms with Crippen molar-refractivity contribution in [3.8, 4) is 11.3 Å². The smallest absolute Gasteiger partial charge is 0.306 e. The van der Waals surface area contributed by atoms with Crippen LogP contribution in [0.25, 0.3) is 11.3 Å². The Balaban J connectivity index is 1.82. The van der Waals surface area contributed by atoms with E-state index in [1.165, 1.54) is 0 Å². The fourth-order valence-corrected chi connectivity index (χ4v) is 2.89. The van der Waals surface area contributed by atoms with Crippen molar-refractivity contribution < 1.29 is 19.1 Å². The highest BCUT2D eigenvalue weighted by molar-refractivity contribution is 6.01. The van der Waals surface area contributed by atoms with Gasteiger partial charge < -0.3 is 14.8 Å². The minimum atomic E-state index is -0.796. The van der Waals surface area contributed by atoms with Gasteiger partial charge in [0.25, 0.3) is 5.91 Å². The van der Waals surface area contributed by atoms with Gasteiger partial charge in [0.1, 0.15) is 11.5 Å². The number of carboxylic acids is 1. The van der Waals surface area contributed by atoms with Gasteiger partial charge in [0.2, 0.25) is 0 Å². The molecule has 0 atom stereocenters. The Kier molecular flexibility index (Phi) is 3.94. The van der Waals surface area contributed by atoms with Crippen LogP contribution in [0.1, 0.15) is 34.5 Å². The second-order valence-electron chi connectivity index (χ2n) is 6.03. The van der Waals surface area contributed by atoms with Crippen molar-refractivity contribution in [2.45, 2.75) is 32.7 Å². The van der Waals surface area contributed by atoms with Gasteiger partial charge in [-0.25, -0.2) is 0 Å². The van der Waals surface area contributed by atoms with E-state index in [1.807, 2.05) is 44.2 Å². The predicted octanol–water partition coefficient (Wildman–Crippen LogP) is 3.16. The maximum absolute atomic E-state index is 12.6. The highest BCUT2D eigenvalue weighted by atomic mass is 16.4. The van der Waals surface area contributed by atoms with E-state index in [2.05, 4.69) is 5.32 Å². The normalized spacial score (nSPS) is 19.9. The number of carboxylic acid groups (broad SMARTS) is 1. The van der Waals surface area contributed by atoms with E-state index in [9.17, 15) is 9.59 Å². The molecule has 0 unspecified atom stereocenters. The van der Waals surface area contributed by atoms with Gasteiger partial charge >= 0.3 is 5.97 Å².